The molecule has 1 rings (SSSR count). The van der Waals surface area contributed by atoms with E-state index >= 15 is 0 Å². The first-order valence-corrected chi connectivity index (χ1v) is 4.29. The molecule has 0 saturated heterocycles. The Labute approximate surface area is 85.7 Å². The number of nitrogens with one attached hydrogen (secondary N) is 1. The monoisotopic (exact) mass is 215 g/mol. The van der Waals surface area contributed by atoms with Gasteiger partial charge >= 0.3 is 5.97 Å². The topological polar surface area (TPSA) is 49.3 Å². The predicted molar refractivity (Wildman–Crippen MR) is 51.7 cm³/mol. The number of aliphatic carboxylic acids is 1. The summed E-state index contributed by atoms with van der Waals surface area (Å²) >= 11 is 0. The Morgan fingerprint density at radius 1 is 1.33 bits per heavy atom. The molecule has 0 aliphatic carbocycles. The fourth-order valence-electron chi connectivity index (χ4n) is 0.988. The molecule has 0 bridgehead atoms. The molecule has 2 N–H and O–H groups in total. The molecule has 0 unspecified atom stereocenters. The van der Waals surface area contributed by atoms with Crippen molar-refractivity contribution in [2.24, 2.45) is 0 Å². The number of benzene rings is 1. The first-order valence-electron chi connectivity index (χ1n) is 4.29. The van der Waals surface area contributed by atoms with Gasteiger partial charge in [-0.1, -0.05) is 0 Å². The van der Waals surface area contributed by atoms with Crippen molar-refractivity contribution < 1.29 is 18.7 Å². The number of hydrogen-bond acceptors (Lipinski definition) is 2. The highest BCUT2D eigenvalue weighted by molar-refractivity contribution is 5.81. The lowest BCUT2D eigenvalue weighted by atomic mass is 10.1. The Morgan fingerprint density at radius 3 is 2.40 bits per heavy atom. The van der Waals surface area contributed by atoms with Gasteiger partial charge in [-0.2, -0.15) is 0 Å². The van der Waals surface area contributed by atoms with E-state index in [0.717, 1.165) is 12.1 Å². The molecule has 0 radical (unpaired) electrons. The second-order valence-electron chi connectivity index (χ2n) is 3.68. The van der Waals surface area contributed by atoms with Crippen molar-refractivity contribution in [3.05, 3.63) is 29.8 Å². The predicted octanol–water partition coefficient (Wildman–Crippen LogP) is 2.24. The quantitative estimate of drug-likeness (QED) is 0.812. The zero-order chi connectivity index (χ0) is 11.6. The van der Waals surface area contributed by atoms with Crippen LogP contribution in [0.3, 0.4) is 0 Å². The lowest BCUT2D eigenvalue weighted by molar-refractivity contribution is -0.141. The SMILES string of the molecule is CC(C)(Nc1ccc(F)c(F)c1)C(=O)O. The van der Waals surface area contributed by atoms with Gasteiger partial charge in [0.2, 0.25) is 0 Å². The zero-order valence-corrected chi connectivity index (χ0v) is 8.34. The third kappa shape index (κ3) is 2.65. The third-order valence-corrected chi connectivity index (χ3v) is 1.91. The molecular formula is C10H11F2NO2. The lowest BCUT2D eigenvalue weighted by Gasteiger charge is -2.22. The summed E-state index contributed by atoms with van der Waals surface area (Å²) < 4.78 is 25.4. The molecule has 15 heavy (non-hydrogen) atoms. The molecule has 1 aromatic rings. The molecule has 0 saturated carbocycles. The van der Waals surface area contributed by atoms with Gasteiger partial charge in [-0.15, -0.1) is 0 Å². The summed E-state index contributed by atoms with van der Waals surface area (Å²) in [6.07, 6.45) is 0. The van der Waals surface area contributed by atoms with Gasteiger partial charge in [-0.25, -0.2) is 13.6 Å². The highest BCUT2D eigenvalue weighted by atomic mass is 19.2. The van der Waals surface area contributed by atoms with Crippen LogP contribution < -0.4 is 5.32 Å². The molecule has 3 nitrogen and oxygen atoms in total. The summed E-state index contributed by atoms with van der Waals surface area (Å²) in [6.45, 7) is 2.85. The van der Waals surface area contributed by atoms with Gasteiger partial charge in [0.15, 0.2) is 11.6 Å². The molecule has 0 aromatic heterocycles. The first kappa shape index (κ1) is 11.4. The van der Waals surface area contributed by atoms with Crippen LogP contribution in [0.15, 0.2) is 18.2 Å². The summed E-state index contributed by atoms with van der Waals surface area (Å²) in [6, 6.07) is 3.14. The number of anilines is 1. The van der Waals surface area contributed by atoms with Gasteiger partial charge in [0, 0.05) is 11.8 Å². The van der Waals surface area contributed by atoms with Gasteiger partial charge in [-0.3, -0.25) is 0 Å². The van der Waals surface area contributed by atoms with E-state index in [9.17, 15) is 13.6 Å². The fraction of sp³-hybridized carbons (Fsp3) is 0.300. The molecule has 5 heteroatoms. The van der Waals surface area contributed by atoms with Gasteiger partial charge in [-0.05, 0) is 26.0 Å². The van der Waals surface area contributed by atoms with E-state index in [1.165, 1.54) is 19.9 Å². The largest absolute Gasteiger partial charge is 0.480 e. The number of halogens is 2. The second kappa shape index (κ2) is 3.84. The standard InChI is InChI=1S/C10H11F2NO2/c1-10(2,9(14)15)13-6-3-4-7(11)8(12)5-6/h3-5,13H,1-2H3,(H,14,15). The van der Waals surface area contributed by atoms with E-state index in [0.29, 0.717) is 0 Å². The number of carboxylic acid groups (broad SMARTS) is 1. The minimum Gasteiger partial charge on any atom is -0.480 e. The Morgan fingerprint density at radius 2 is 1.93 bits per heavy atom. The van der Waals surface area contributed by atoms with Crippen molar-refractivity contribution in [2.45, 2.75) is 19.4 Å². The molecule has 0 aliphatic heterocycles. The van der Waals surface area contributed by atoms with Crippen LogP contribution in [-0.4, -0.2) is 16.6 Å². The van der Waals surface area contributed by atoms with Crippen LogP contribution in [0.4, 0.5) is 14.5 Å². The van der Waals surface area contributed by atoms with Crippen molar-refractivity contribution in [3.8, 4) is 0 Å². The first-order chi connectivity index (χ1) is 6.83. The average Bonchev–Trinajstić information content (AvgIpc) is 2.10. The van der Waals surface area contributed by atoms with Crippen molar-refractivity contribution in [1.82, 2.24) is 0 Å². The summed E-state index contributed by atoms with van der Waals surface area (Å²) in [5.74, 6) is -3.05. The van der Waals surface area contributed by atoms with E-state index in [4.69, 9.17) is 5.11 Å². The molecule has 0 amide bonds. The normalized spacial score (nSPS) is 11.2. The van der Waals surface area contributed by atoms with Crippen LogP contribution in [0.25, 0.3) is 0 Å². The Kier molecular flexibility index (Phi) is 2.93. The Balaban J connectivity index is 2.91. The molecule has 0 fully saturated rings. The van der Waals surface area contributed by atoms with Crippen molar-refractivity contribution >= 4 is 11.7 Å². The van der Waals surface area contributed by atoms with Gasteiger partial charge in [0.25, 0.3) is 0 Å². The smallest absolute Gasteiger partial charge is 0.328 e. The maximum atomic E-state index is 12.8. The minimum absolute atomic E-state index is 0.223. The zero-order valence-electron chi connectivity index (χ0n) is 8.34. The maximum absolute atomic E-state index is 12.8. The van der Waals surface area contributed by atoms with Crippen molar-refractivity contribution in [3.63, 3.8) is 0 Å². The average molecular weight is 215 g/mol. The summed E-state index contributed by atoms with van der Waals surface area (Å²) in [7, 11) is 0. The van der Waals surface area contributed by atoms with Crippen LogP contribution in [0, 0.1) is 11.6 Å². The molecule has 0 spiro atoms. The maximum Gasteiger partial charge on any atom is 0.328 e. The molecule has 1 aromatic carbocycles. The van der Waals surface area contributed by atoms with Crippen molar-refractivity contribution in [1.29, 1.82) is 0 Å². The van der Waals surface area contributed by atoms with Crippen LogP contribution in [0.1, 0.15) is 13.8 Å². The van der Waals surface area contributed by atoms with E-state index < -0.39 is 23.1 Å². The molecular weight excluding hydrogens is 204 g/mol. The Bertz CT molecular complexity index is 391. The number of carboxylic acids is 1. The van der Waals surface area contributed by atoms with Crippen LogP contribution in [-0.2, 0) is 4.79 Å². The molecule has 82 valence electrons. The van der Waals surface area contributed by atoms with Crippen LogP contribution in [0.2, 0.25) is 0 Å². The van der Waals surface area contributed by atoms with Crippen LogP contribution in [0.5, 0.6) is 0 Å². The third-order valence-electron chi connectivity index (χ3n) is 1.91. The van der Waals surface area contributed by atoms with Crippen LogP contribution >= 0.6 is 0 Å². The summed E-state index contributed by atoms with van der Waals surface area (Å²) in [5.41, 5.74) is -1.01. The Hall–Kier alpha value is -1.65. The van der Waals surface area contributed by atoms with E-state index in [2.05, 4.69) is 5.32 Å². The molecule has 0 heterocycles. The highest BCUT2D eigenvalue weighted by Crippen LogP contribution is 2.18. The highest BCUT2D eigenvalue weighted by Gasteiger charge is 2.26. The van der Waals surface area contributed by atoms with Crippen molar-refractivity contribution in [2.75, 3.05) is 5.32 Å². The fourth-order valence-corrected chi connectivity index (χ4v) is 0.988. The molecule has 0 aliphatic rings. The molecule has 0 atom stereocenters. The summed E-state index contributed by atoms with van der Waals surface area (Å²) in [5, 5.41) is 11.4. The van der Waals surface area contributed by atoms with E-state index in [1.807, 2.05) is 0 Å². The van der Waals surface area contributed by atoms with E-state index in [-0.39, 0.29) is 5.69 Å². The number of rotatable bonds is 3. The lowest BCUT2D eigenvalue weighted by Crippen LogP contribution is -2.39. The van der Waals surface area contributed by atoms with E-state index in [1.54, 1.807) is 0 Å². The number of hydrogen-bond donors (Lipinski definition) is 2. The number of carbonyl (C=O) groups is 1. The second-order valence-corrected chi connectivity index (χ2v) is 3.68. The summed E-state index contributed by atoms with van der Waals surface area (Å²) in [4.78, 5) is 10.7. The minimum atomic E-state index is -1.23. The van der Waals surface area contributed by atoms with Gasteiger partial charge in [0.05, 0.1) is 0 Å². The van der Waals surface area contributed by atoms with Gasteiger partial charge in [0.1, 0.15) is 5.54 Å². The van der Waals surface area contributed by atoms with Gasteiger partial charge < -0.3 is 10.4 Å².